The second-order valence-electron chi connectivity index (χ2n) is 4.93. The summed E-state index contributed by atoms with van der Waals surface area (Å²) in [7, 11) is 0. The number of hydrogen-bond donors (Lipinski definition) is 1. The fraction of sp³-hybridized carbons (Fsp3) is 0.500. The molecule has 1 atom stereocenters. The first-order chi connectivity index (χ1) is 9.84. The molecule has 0 bridgehead atoms. The number of nitrogens with zero attached hydrogens (tertiary/aromatic N) is 1. The van der Waals surface area contributed by atoms with E-state index in [1.54, 1.807) is 0 Å². The first kappa shape index (κ1) is 15.6. The minimum atomic E-state index is -4.53. The van der Waals surface area contributed by atoms with Crippen LogP contribution in [0, 0.1) is 0 Å². The van der Waals surface area contributed by atoms with Crippen LogP contribution in [0.25, 0.3) is 0 Å². The molecule has 2 N–H and O–H groups in total. The van der Waals surface area contributed by atoms with E-state index in [0.717, 1.165) is 12.8 Å². The van der Waals surface area contributed by atoms with Crippen molar-refractivity contribution in [3.05, 3.63) is 23.8 Å². The number of amides is 1. The predicted octanol–water partition coefficient (Wildman–Crippen LogP) is 2.77. The van der Waals surface area contributed by atoms with Crippen molar-refractivity contribution in [1.82, 2.24) is 0 Å². The summed E-state index contributed by atoms with van der Waals surface area (Å²) in [6.45, 7) is 2.33. The van der Waals surface area contributed by atoms with Gasteiger partial charge in [-0.05, 0) is 24.1 Å². The maximum atomic E-state index is 12.7. The number of unbranched alkanes of at least 4 members (excludes halogenated alkanes) is 1. The Labute approximate surface area is 120 Å². The highest BCUT2D eigenvalue weighted by molar-refractivity contribution is 5.97. The third-order valence-electron chi connectivity index (χ3n) is 3.37. The van der Waals surface area contributed by atoms with Gasteiger partial charge in [0.2, 0.25) is 0 Å². The van der Waals surface area contributed by atoms with Crippen LogP contribution in [-0.2, 0) is 4.79 Å². The molecule has 7 heteroatoms. The molecule has 116 valence electrons. The molecule has 0 aromatic heterocycles. The quantitative estimate of drug-likeness (QED) is 0.930. The lowest BCUT2D eigenvalue weighted by molar-refractivity contribution is -0.149. The molecular formula is C14H17F3N2O2. The Kier molecular flexibility index (Phi) is 4.41. The number of fused-ring (bicyclic) bond motifs is 1. The Morgan fingerprint density at radius 2 is 2.14 bits per heavy atom. The summed E-state index contributed by atoms with van der Waals surface area (Å²) in [5.74, 6) is 0.150. The first-order valence-electron chi connectivity index (χ1n) is 6.74. The zero-order valence-corrected chi connectivity index (χ0v) is 11.6. The average molecular weight is 302 g/mol. The van der Waals surface area contributed by atoms with Crippen LogP contribution in [0.3, 0.4) is 0 Å². The molecule has 2 rings (SSSR count). The molecule has 0 fully saturated rings. The molecule has 1 aromatic rings. The van der Waals surface area contributed by atoms with Crippen LogP contribution in [0.15, 0.2) is 18.2 Å². The van der Waals surface area contributed by atoms with Crippen molar-refractivity contribution < 1.29 is 22.7 Å². The third-order valence-corrected chi connectivity index (χ3v) is 3.37. The second kappa shape index (κ2) is 5.93. The molecular weight excluding hydrogens is 285 g/mol. The fourth-order valence-electron chi connectivity index (χ4n) is 2.16. The molecule has 0 saturated carbocycles. The molecule has 1 heterocycles. The topological polar surface area (TPSA) is 55.6 Å². The van der Waals surface area contributed by atoms with Crippen molar-refractivity contribution in [3.63, 3.8) is 0 Å². The highest BCUT2D eigenvalue weighted by Gasteiger charge is 2.38. The number of ether oxygens (including phenoxy) is 1. The normalized spacial score (nSPS) is 16.4. The van der Waals surface area contributed by atoms with E-state index >= 15 is 0 Å². The van der Waals surface area contributed by atoms with E-state index in [0.29, 0.717) is 18.0 Å². The number of carbonyl (C=O) groups excluding carboxylic acids is 1. The molecule has 1 aliphatic heterocycles. The summed E-state index contributed by atoms with van der Waals surface area (Å²) in [5, 5.41) is 0. The van der Waals surface area contributed by atoms with Gasteiger partial charge < -0.3 is 15.4 Å². The molecule has 1 aromatic carbocycles. The van der Waals surface area contributed by atoms with Crippen molar-refractivity contribution in [3.8, 4) is 5.75 Å². The average Bonchev–Trinajstić information content (AvgIpc) is 2.44. The van der Waals surface area contributed by atoms with E-state index in [9.17, 15) is 18.0 Å². The number of nitrogens with two attached hydrogens (primary N) is 1. The minimum absolute atomic E-state index is 0.0824. The van der Waals surface area contributed by atoms with Crippen LogP contribution in [0.5, 0.6) is 5.75 Å². The second-order valence-corrected chi connectivity index (χ2v) is 4.93. The predicted molar refractivity (Wildman–Crippen MR) is 72.2 cm³/mol. The van der Waals surface area contributed by atoms with Crippen molar-refractivity contribution in [2.45, 2.75) is 32.0 Å². The van der Waals surface area contributed by atoms with Gasteiger partial charge in [0.1, 0.15) is 11.8 Å². The number of benzene rings is 1. The SMILES string of the molecule is CCCCN1C(=O)COc2ccc(C(N)C(F)(F)F)cc21. The van der Waals surface area contributed by atoms with Gasteiger partial charge in [0.15, 0.2) is 6.61 Å². The Morgan fingerprint density at radius 1 is 1.43 bits per heavy atom. The first-order valence-corrected chi connectivity index (χ1v) is 6.74. The molecule has 1 aliphatic rings. The number of rotatable bonds is 4. The Balaban J connectivity index is 2.36. The van der Waals surface area contributed by atoms with E-state index in [2.05, 4.69) is 0 Å². The number of carbonyl (C=O) groups is 1. The van der Waals surface area contributed by atoms with E-state index < -0.39 is 12.2 Å². The molecule has 0 saturated heterocycles. The standard InChI is InChI=1S/C14H17F3N2O2/c1-2-3-6-19-10-7-9(13(18)14(15,16)17)4-5-11(10)21-8-12(19)20/h4-5,7,13H,2-3,6,8,18H2,1H3. The van der Waals surface area contributed by atoms with Gasteiger partial charge in [-0.15, -0.1) is 0 Å². The van der Waals surface area contributed by atoms with Crippen molar-refractivity contribution in [2.24, 2.45) is 5.73 Å². The van der Waals surface area contributed by atoms with Crippen molar-refractivity contribution in [1.29, 1.82) is 0 Å². The van der Waals surface area contributed by atoms with E-state index in [-0.39, 0.29) is 18.1 Å². The number of anilines is 1. The van der Waals surface area contributed by atoms with Crippen LogP contribution in [0.1, 0.15) is 31.4 Å². The minimum Gasteiger partial charge on any atom is -0.482 e. The lowest BCUT2D eigenvalue weighted by atomic mass is 10.0. The molecule has 1 amide bonds. The van der Waals surface area contributed by atoms with Crippen LogP contribution in [0.4, 0.5) is 18.9 Å². The van der Waals surface area contributed by atoms with Gasteiger partial charge in [-0.25, -0.2) is 0 Å². The highest BCUT2D eigenvalue weighted by Crippen LogP contribution is 2.37. The number of halogens is 3. The highest BCUT2D eigenvalue weighted by atomic mass is 19.4. The van der Waals surface area contributed by atoms with Gasteiger partial charge in [-0.3, -0.25) is 4.79 Å². The van der Waals surface area contributed by atoms with Crippen LogP contribution in [-0.4, -0.2) is 25.2 Å². The van der Waals surface area contributed by atoms with Gasteiger partial charge in [0.25, 0.3) is 5.91 Å². The smallest absolute Gasteiger partial charge is 0.407 e. The zero-order valence-electron chi connectivity index (χ0n) is 11.6. The van der Waals surface area contributed by atoms with Gasteiger partial charge in [0.05, 0.1) is 5.69 Å². The summed E-state index contributed by atoms with van der Waals surface area (Å²) in [6.07, 6.45) is -2.88. The third kappa shape index (κ3) is 3.29. The lowest BCUT2D eigenvalue weighted by Crippen LogP contribution is -2.39. The summed E-state index contributed by atoms with van der Waals surface area (Å²) in [5.41, 5.74) is 5.49. The monoisotopic (exact) mass is 302 g/mol. The molecule has 21 heavy (non-hydrogen) atoms. The number of hydrogen-bond acceptors (Lipinski definition) is 3. The molecule has 1 unspecified atom stereocenters. The molecule has 0 radical (unpaired) electrons. The summed E-state index contributed by atoms with van der Waals surface area (Å²) in [4.78, 5) is 13.4. The summed E-state index contributed by atoms with van der Waals surface area (Å²) in [6, 6.07) is 1.93. The molecule has 0 aliphatic carbocycles. The van der Waals surface area contributed by atoms with Gasteiger partial charge in [-0.2, -0.15) is 13.2 Å². The molecule has 4 nitrogen and oxygen atoms in total. The van der Waals surface area contributed by atoms with Gasteiger partial charge >= 0.3 is 6.18 Å². The van der Waals surface area contributed by atoms with Crippen molar-refractivity contribution in [2.75, 3.05) is 18.1 Å². The Bertz CT molecular complexity index is 531. The molecule has 0 spiro atoms. The van der Waals surface area contributed by atoms with Crippen LogP contribution < -0.4 is 15.4 Å². The van der Waals surface area contributed by atoms with Gasteiger partial charge in [0, 0.05) is 6.54 Å². The van der Waals surface area contributed by atoms with Crippen LogP contribution in [0.2, 0.25) is 0 Å². The maximum absolute atomic E-state index is 12.7. The van der Waals surface area contributed by atoms with E-state index in [4.69, 9.17) is 10.5 Å². The maximum Gasteiger partial charge on any atom is 0.407 e. The van der Waals surface area contributed by atoms with E-state index in [1.165, 1.54) is 23.1 Å². The largest absolute Gasteiger partial charge is 0.482 e. The van der Waals surface area contributed by atoms with E-state index in [1.807, 2.05) is 6.92 Å². The van der Waals surface area contributed by atoms with Crippen LogP contribution >= 0.6 is 0 Å². The summed E-state index contributed by atoms with van der Waals surface area (Å²) < 4.78 is 43.4. The Morgan fingerprint density at radius 3 is 2.76 bits per heavy atom. The fourth-order valence-corrected chi connectivity index (χ4v) is 2.16. The van der Waals surface area contributed by atoms with Crippen molar-refractivity contribution >= 4 is 11.6 Å². The lowest BCUT2D eigenvalue weighted by Gasteiger charge is -2.30. The summed E-state index contributed by atoms with van der Waals surface area (Å²) >= 11 is 0. The Hall–Kier alpha value is -1.76. The zero-order chi connectivity index (χ0) is 15.6. The van der Waals surface area contributed by atoms with Gasteiger partial charge in [-0.1, -0.05) is 19.4 Å². The number of alkyl halides is 3.